The second-order valence-corrected chi connectivity index (χ2v) is 5.59. The van der Waals surface area contributed by atoms with Crippen molar-refractivity contribution >= 4 is 22.8 Å². The van der Waals surface area contributed by atoms with Crippen LogP contribution < -0.4 is 0 Å². The zero-order chi connectivity index (χ0) is 16.2. The van der Waals surface area contributed by atoms with Gasteiger partial charge in [0, 0.05) is 38.9 Å². The van der Waals surface area contributed by atoms with E-state index in [4.69, 9.17) is 4.74 Å². The SMILES string of the molecule is COCC(=O)N1CCCN(C(=O)c2ccc3nc[nH]c3c2)CC1. The molecule has 1 aliphatic heterocycles. The lowest BCUT2D eigenvalue weighted by Gasteiger charge is -2.22. The van der Waals surface area contributed by atoms with Gasteiger partial charge in [-0.05, 0) is 24.6 Å². The number of carbonyl (C=O) groups excluding carboxylic acids is 2. The number of fused-ring (bicyclic) bond motifs is 1. The molecule has 3 rings (SSSR count). The number of nitrogens with zero attached hydrogens (tertiary/aromatic N) is 3. The van der Waals surface area contributed by atoms with Crippen LogP contribution in [-0.4, -0.2) is 71.5 Å². The van der Waals surface area contributed by atoms with Gasteiger partial charge < -0.3 is 19.5 Å². The summed E-state index contributed by atoms with van der Waals surface area (Å²) >= 11 is 0. The Hall–Kier alpha value is -2.41. The third-order valence-corrected chi connectivity index (χ3v) is 4.07. The number of nitrogens with one attached hydrogen (secondary N) is 1. The molecular formula is C16H20N4O3. The molecule has 1 aromatic heterocycles. The minimum Gasteiger partial charge on any atom is -0.375 e. The maximum atomic E-state index is 12.7. The zero-order valence-corrected chi connectivity index (χ0v) is 13.1. The van der Waals surface area contributed by atoms with Crippen molar-refractivity contribution in [1.82, 2.24) is 19.8 Å². The van der Waals surface area contributed by atoms with E-state index in [2.05, 4.69) is 9.97 Å². The number of amides is 2. The molecule has 0 spiro atoms. The van der Waals surface area contributed by atoms with Crippen LogP contribution in [0.25, 0.3) is 11.0 Å². The van der Waals surface area contributed by atoms with E-state index in [1.54, 1.807) is 22.2 Å². The fourth-order valence-corrected chi connectivity index (χ4v) is 2.84. The molecule has 0 radical (unpaired) electrons. The molecule has 7 heteroatoms. The highest BCUT2D eigenvalue weighted by Gasteiger charge is 2.22. The molecule has 0 bridgehead atoms. The minimum atomic E-state index is -0.0271. The van der Waals surface area contributed by atoms with Crippen LogP contribution in [0.4, 0.5) is 0 Å². The Labute approximate surface area is 134 Å². The zero-order valence-electron chi connectivity index (χ0n) is 13.1. The first kappa shape index (κ1) is 15.5. The van der Waals surface area contributed by atoms with Gasteiger partial charge in [0.05, 0.1) is 17.4 Å². The van der Waals surface area contributed by atoms with Gasteiger partial charge in [0.1, 0.15) is 6.61 Å². The lowest BCUT2D eigenvalue weighted by atomic mass is 10.1. The highest BCUT2D eigenvalue weighted by Crippen LogP contribution is 2.15. The first-order chi connectivity index (χ1) is 11.2. The van der Waals surface area contributed by atoms with Gasteiger partial charge in [0.25, 0.3) is 5.91 Å². The van der Waals surface area contributed by atoms with Crippen molar-refractivity contribution in [3.8, 4) is 0 Å². The Balaban J connectivity index is 1.69. The molecule has 2 amide bonds. The van der Waals surface area contributed by atoms with Crippen LogP contribution in [0.1, 0.15) is 16.8 Å². The highest BCUT2D eigenvalue weighted by atomic mass is 16.5. The molecule has 1 aromatic carbocycles. The Morgan fingerprint density at radius 1 is 1.22 bits per heavy atom. The van der Waals surface area contributed by atoms with Crippen LogP contribution in [-0.2, 0) is 9.53 Å². The fraction of sp³-hybridized carbons (Fsp3) is 0.438. The molecule has 0 atom stereocenters. The molecule has 122 valence electrons. The van der Waals surface area contributed by atoms with Gasteiger partial charge in [-0.15, -0.1) is 0 Å². The molecular weight excluding hydrogens is 296 g/mol. The number of ether oxygens (including phenoxy) is 1. The summed E-state index contributed by atoms with van der Waals surface area (Å²) in [5.74, 6) is -0.0387. The van der Waals surface area contributed by atoms with Gasteiger partial charge in [-0.1, -0.05) is 0 Å². The summed E-state index contributed by atoms with van der Waals surface area (Å²) in [7, 11) is 1.51. The first-order valence-corrected chi connectivity index (χ1v) is 7.68. The summed E-state index contributed by atoms with van der Waals surface area (Å²) in [6.07, 6.45) is 2.39. The maximum absolute atomic E-state index is 12.7. The van der Waals surface area contributed by atoms with E-state index in [0.717, 1.165) is 17.5 Å². The van der Waals surface area contributed by atoms with Crippen LogP contribution in [0, 0.1) is 0 Å². The lowest BCUT2D eigenvalue weighted by molar-refractivity contribution is -0.135. The number of carbonyl (C=O) groups is 2. The second-order valence-electron chi connectivity index (χ2n) is 5.59. The number of aromatic nitrogens is 2. The molecule has 1 N–H and O–H groups in total. The Kier molecular flexibility index (Phi) is 4.57. The van der Waals surface area contributed by atoms with Crippen molar-refractivity contribution in [3.05, 3.63) is 30.1 Å². The number of benzene rings is 1. The van der Waals surface area contributed by atoms with Crippen LogP contribution in [0.15, 0.2) is 24.5 Å². The average molecular weight is 316 g/mol. The lowest BCUT2D eigenvalue weighted by Crippen LogP contribution is -2.38. The van der Waals surface area contributed by atoms with Crippen molar-refractivity contribution in [2.24, 2.45) is 0 Å². The molecule has 1 saturated heterocycles. The average Bonchev–Trinajstić information content (AvgIpc) is 2.88. The van der Waals surface area contributed by atoms with E-state index >= 15 is 0 Å². The summed E-state index contributed by atoms with van der Waals surface area (Å²) in [6, 6.07) is 5.46. The Bertz CT molecular complexity index is 712. The van der Waals surface area contributed by atoms with Gasteiger partial charge in [0.15, 0.2) is 0 Å². The molecule has 23 heavy (non-hydrogen) atoms. The number of H-pyrrole nitrogens is 1. The van der Waals surface area contributed by atoms with Crippen molar-refractivity contribution < 1.29 is 14.3 Å². The summed E-state index contributed by atoms with van der Waals surface area (Å²) < 4.78 is 4.89. The normalized spacial score (nSPS) is 15.7. The molecule has 0 aliphatic carbocycles. The monoisotopic (exact) mass is 316 g/mol. The summed E-state index contributed by atoms with van der Waals surface area (Å²) in [5, 5.41) is 0. The highest BCUT2D eigenvalue weighted by molar-refractivity contribution is 5.97. The van der Waals surface area contributed by atoms with Gasteiger partial charge in [-0.3, -0.25) is 9.59 Å². The number of imidazole rings is 1. The van der Waals surface area contributed by atoms with Crippen LogP contribution in [0.2, 0.25) is 0 Å². The molecule has 0 saturated carbocycles. The van der Waals surface area contributed by atoms with Crippen molar-refractivity contribution in [1.29, 1.82) is 0 Å². The molecule has 2 aromatic rings. The molecule has 2 heterocycles. The topological polar surface area (TPSA) is 78.5 Å². The van der Waals surface area contributed by atoms with E-state index in [0.29, 0.717) is 31.7 Å². The summed E-state index contributed by atoms with van der Waals surface area (Å²) in [6.45, 7) is 2.47. The predicted molar refractivity (Wildman–Crippen MR) is 85.1 cm³/mol. The second kappa shape index (κ2) is 6.78. The third-order valence-electron chi connectivity index (χ3n) is 4.07. The van der Waals surface area contributed by atoms with Crippen molar-refractivity contribution in [2.45, 2.75) is 6.42 Å². The summed E-state index contributed by atoms with van der Waals surface area (Å²) in [4.78, 5) is 35.3. The molecule has 1 fully saturated rings. The van der Waals surface area contributed by atoms with Crippen molar-refractivity contribution in [2.75, 3.05) is 39.9 Å². The van der Waals surface area contributed by atoms with E-state index in [9.17, 15) is 9.59 Å². The van der Waals surface area contributed by atoms with E-state index in [1.165, 1.54) is 7.11 Å². The minimum absolute atomic E-state index is 0.0115. The number of rotatable bonds is 3. The van der Waals surface area contributed by atoms with Crippen LogP contribution in [0.3, 0.4) is 0 Å². The number of methoxy groups -OCH3 is 1. The molecule has 0 unspecified atom stereocenters. The maximum Gasteiger partial charge on any atom is 0.253 e. The number of aromatic amines is 1. The fourth-order valence-electron chi connectivity index (χ4n) is 2.84. The van der Waals surface area contributed by atoms with E-state index < -0.39 is 0 Å². The Morgan fingerprint density at radius 2 is 2.00 bits per heavy atom. The van der Waals surface area contributed by atoms with E-state index in [-0.39, 0.29) is 18.4 Å². The Morgan fingerprint density at radius 3 is 2.83 bits per heavy atom. The van der Waals surface area contributed by atoms with E-state index in [1.807, 2.05) is 12.1 Å². The quantitative estimate of drug-likeness (QED) is 0.912. The summed E-state index contributed by atoms with van der Waals surface area (Å²) in [5.41, 5.74) is 2.33. The number of hydrogen-bond donors (Lipinski definition) is 1. The van der Waals surface area contributed by atoms with Crippen LogP contribution >= 0.6 is 0 Å². The van der Waals surface area contributed by atoms with Crippen molar-refractivity contribution in [3.63, 3.8) is 0 Å². The largest absolute Gasteiger partial charge is 0.375 e. The van der Waals surface area contributed by atoms with Crippen LogP contribution in [0.5, 0.6) is 0 Å². The van der Waals surface area contributed by atoms with Gasteiger partial charge >= 0.3 is 0 Å². The van der Waals surface area contributed by atoms with Gasteiger partial charge in [-0.25, -0.2) is 4.98 Å². The smallest absolute Gasteiger partial charge is 0.253 e. The van der Waals surface area contributed by atoms with Gasteiger partial charge in [0.2, 0.25) is 5.91 Å². The first-order valence-electron chi connectivity index (χ1n) is 7.68. The number of hydrogen-bond acceptors (Lipinski definition) is 4. The third kappa shape index (κ3) is 3.34. The standard InChI is InChI=1S/C16H20N4O3/c1-23-10-15(21)19-5-2-6-20(8-7-19)16(22)12-3-4-13-14(9-12)18-11-17-13/h3-4,9,11H,2,5-8,10H2,1H3,(H,17,18). The predicted octanol–water partition coefficient (Wildman–Crippen LogP) is 0.884. The van der Waals surface area contributed by atoms with Gasteiger partial charge in [-0.2, -0.15) is 0 Å². The molecule has 1 aliphatic rings. The molecule has 7 nitrogen and oxygen atoms in total.